The van der Waals surface area contributed by atoms with Gasteiger partial charge in [0.05, 0.1) is 31.7 Å². The second-order valence-electron chi connectivity index (χ2n) is 6.48. The van der Waals surface area contributed by atoms with Crippen LogP contribution in [0.1, 0.15) is 30.1 Å². The molecule has 0 heterocycles. The second kappa shape index (κ2) is 8.32. The maximum absolute atomic E-state index is 12.7. The topological polar surface area (TPSA) is 120 Å². The zero-order valence-electron chi connectivity index (χ0n) is 15.3. The number of anilines is 1. The molecule has 0 aromatic heterocycles. The Morgan fingerprint density at radius 2 is 1.92 bits per heavy atom. The SMILES string of the molecule is COc1cc(C(=O)NC(C)(CN)C2CC2)cc(NS(C)(=O)=O)c1OC.Cl. The molecule has 1 atom stereocenters. The minimum absolute atomic E-state index is 0. The Bertz CT molecular complexity index is 767. The minimum atomic E-state index is -3.56. The number of methoxy groups -OCH3 is 2. The van der Waals surface area contributed by atoms with Crippen molar-refractivity contribution in [2.24, 2.45) is 11.7 Å². The average Bonchev–Trinajstić information content (AvgIpc) is 3.37. The first-order valence-corrected chi connectivity index (χ1v) is 9.79. The lowest BCUT2D eigenvalue weighted by molar-refractivity contribution is 0.0897. The number of ether oxygens (including phenoxy) is 2. The van der Waals surface area contributed by atoms with Crippen LogP contribution in [-0.2, 0) is 10.0 Å². The number of carbonyl (C=O) groups is 1. The highest BCUT2D eigenvalue weighted by Gasteiger charge is 2.41. The van der Waals surface area contributed by atoms with E-state index >= 15 is 0 Å². The Labute approximate surface area is 160 Å². The van der Waals surface area contributed by atoms with E-state index in [1.807, 2.05) is 6.92 Å². The van der Waals surface area contributed by atoms with Crippen LogP contribution in [0.3, 0.4) is 0 Å². The Hall–Kier alpha value is -1.71. The summed E-state index contributed by atoms with van der Waals surface area (Å²) in [5.74, 6) is 0.461. The van der Waals surface area contributed by atoms with Gasteiger partial charge in [0, 0.05) is 12.1 Å². The van der Waals surface area contributed by atoms with Crippen molar-refractivity contribution in [3.8, 4) is 11.5 Å². The molecule has 2 rings (SSSR count). The summed E-state index contributed by atoms with van der Waals surface area (Å²) in [6, 6.07) is 2.92. The first kappa shape index (κ1) is 22.3. The normalized spacial score (nSPS) is 16.0. The van der Waals surface area contributed by atoms with Gasteiger partial charge in [0.25, 0.3) is 5.91 Å². The number of amides is 1. The molecule has 0 bridgehead atoms. The average molecular weight is 408 g/mol. The predicted octanol–water partition coefficient (Wildman–Crippen LogP) is 1.35. The van der Waals surface area contributed by atoms with Crippen molar-refractivity contribution in [2.45, 2.75) is 25.3 Å². The van der Waals surface area contributed by atoms with Gasteiger partial charge in [0.1, 0.15) is 0 Å². The number of nitrogens with two attached hydrogens (primary N) is 1. The lowest BCUT2D eigenvalue weighted by Gasteiger charge is -2.29. The quantitative estimate of drug-likeness (QED) is 0.598. The van der Waals surface area contributed by atoms with Crippen molar-refractivity contribution in [1.29, 1.82) is 0 Å². The van der Waals surface area contributed by atoms with Gasteiger partial charge in [-0.15, -0.1) is 12.4 Å². The standard InChI is InChI=1S/C16H25N3O5S.ClH/c1-16(9-17,11-5-6-11)18-15(20)10-7-12(19-25(4,21)22)14(24-3)13(8-10)23-2;/h7-8,11,19H,5-6,9,17H2,1-4H3,(H,18,20);1H. The van der Waals surface area contributed by atoms with Crippen LogP contribution in [0.4, 0.5) is 5.69 Å². The lowest BCUT2D eigenvalue weighted by Crippen LogP contribution is -2.53. The van der Waals surface area contributed by atoms with E-state index in [9.17, 15) is 13.2 Å². The summed E-state index contributed by atoms with van der Waals surface area (Å²) in [5, 5.41) is 2.96. The van der Waals surface area contributed by atoms with E-state index in [0.29, 0.717) is 12.5 Å². The highest BCUT2D eigenvalue weighted by molar-refractivity contribution is 7.92. The molecule has 0 aliphatic heterocycles. The number of nitrogens with one attached hydrogen (secondary N) is 2. The van der Waals surface area contributed by atoms with E-state index in [1.165, 1.54) is 26.4 Å². The van der Waals surface area contributed by atoms with Crippen LogP contribution in [0.25, 0.3) is 0 Å². The molecule has 1 saturated carbocycles. The van der Waals surface area contributed by atoms with Gasteiger partial charge in [-0.25, -0.2) is 8.42 Å². The second-order valence-corrected chi connectivity index (χ2v) is 8.23. The van der Waals surface area contributed by atoms with Gasteiger partial charge < -0.3 is 20.5 Å². The molecular formula is C16H26ClN3O5S. The van der Waals surface area contributed by atoms with Crippen LogP contribution in [0.5, 0.6) is 11.5 Å². The van der Waals surface area contributed by atoms with Gasteiger partial charge in [-0.1, -0.05) is 0 Å². The fourth-order valence-electron chi connectivity index (χ4n) is 2.74. The van der Waals surface area contributed by atoms with E-state index < -0.39 is 15.6 Å². The number of halogens is 1. The molecule has 1 unspecified atom stereocenters. The van der Waals surface area contributed by atoms with Crippen molar-refractivity contribution < 1.29 is 22.7 Å². The van der Waals surface area contributed by atoms with Crippen LogP contribution in [0, 0.1) is 5.92 Å². The molecule has 1 aromatic rings. The van der Waals surface area contributed by atoms with Crippen LogP contribution >= 0.6 is 12.4 Å². The summed E-state index contributed by atoms with van der Waals surface area (Å²) in [6.07, 6.45) is 3.08. The number of rotatable bonds is 8. The largest absolute Gasteiger partial charge is 0.493 e. The summed E-state index contributed by atoms with van der Waals surface area (Å²) >= 11 is 0. The van der Waals surface area contributed by atoms with Crippen molar-refractivity contribution in [3.05, 3.63) is 17.7 Å². The van der Waals surface area contributed by atoms with E-state index in [4.69, 9.17) is 15.2 Å². The molecule has 0 radical (unpaired) electrons. The highest BCUT2D eigenvalue weighted by atomic mass is 35.5. The molecular weight excluding hydrogens is 382 g/mol. The summed E-state index contributed by atoms with van der Waals surface area (Å²) < 4.78 is 36.0. The van der Waals surface area contributed by atoms with E-state index in [2.05, 4.69) is 10.0 Å². The first-order chi connectivity index (χ1) is 11.6. The number of hydrogen-bond donors (Lipinski definition) is 3. The molecule has 0 spiro atoms. The maximum Gasteiger partial charge on any atom is 0.251 e. The van der Waals surface area contributed by atoms with E-state index in [0.717, 1.165) is 19.1 Å². The van der Waals surface area contributed by atoms with Crippen LogP contribution in [0.15, 0.2) is 12.1 Å². The van der Waals surface area contributed by atoms with E-state index in [1.54, 1.807) is 0 Å². The molecule has 10 heteroatoms. The molecule has 1 fully saturated rings. The molecule has 1 amide bonds. The predicted molar refractivity (Wildman–Crippen MR) is 103 cm³/mol. The van der Waals surface area contributed by atoms with Crippen molar-refractivity contribution in [2.75, 3.05) is 31.7 Å². The molecule has 8 nitrogen and oxygen atoms in total. The molecule has 148 valence electrons. The summed E-state index contributed by atoms with van der Waals surface area (Å²) in [4.78, 5) is 12.7. The number of hydrogen-bond acceptors (Lipinski definition) is 6. The Kier molecular flexibility index (Phi) is 7.15. The van der Waals surface area contributed by atoms with Crippen molar-refractivity contribution >= 4 is 34.0 Å². The van der Waals surface area contributed by atoms with Gasteiger partial charge in [-0.3, -0.25) is 9.52 Å². The number of sulfonamides is 1. The molecule has 4 N–H and O–H groups in total. The van der Waals surface area contributed by atoms with Gasteiger partial charge >= 0.3 is 0 Å². The summed E-state index contributed by atoms with van der Waals surface area (Å²) in [6.45, 7) is 2.24. The monoisotopic (exact) mass is 407 g/mol. The van der Waals surface area contributed by atoms with Crippen LogP contribution in [0.2, 0.25) is 0 Å². The van der Waals surface area contributed by atoms with Crippen LogP contribution in [-0.4, -0.2) is 46.9 Å². The van der Waals surface area contributed by atoms with Gasteiger partial charge in [-0.05, 0) is 37.8 Å². The Balaban J connectivity index is 0.00000338. The summed E-state index contributed by atoms with van der Waals surface area (Å²) in [7, 11) is -0.751. The molecule has 1 aliphatic carbocycles. The third-order valence-corrected chi connectivity index (χ3v) is 4.93. The lowest BCUT2D eigenvalue weighted by atomic mass is 9.95. The van der Waals surface area contributed by atoms with Crippen molar-refractivity contribution in [1.82, 2.24) is 5.32 Å². The first-order valence-electron chi connectivity index (χ1n) is 7.90. The smallest absolute Gasteiger partial charge is 0.251 e. The minimum Gasteiger partial charge on any atom is -0.493 e. The Morgan fingerprint density at radius 3 is 2.35 bits per heavy atom. The third-order valence-electron chi connectivity index (χ3n) is 4.34. The number of carbonyl (C=O) groups excluding carboxylic acids is 1. The molecule has 0 saturated heterocycles. The molecule has 26 heavy (non-hydrogen) atoms. The highest BCUT2D eigenvalue weighted by Crippen LogP contribution is 2.40. The number of benzene rings is 1. The summed E-state index contributed by atoms with van der Waals surface area (Å²) in [5.41, 5.74) is 5.74. The zero-order chi connectivity index (χ0) is 18.8. The maximum atomic E-state index is 12.7. The van der Waals surface area contributed by atoms with Gasteiger partial charge in [0.2, 0.25) is 10.0 Å². The van der Waals surface area contributed by atoms with Crippen LogP contribution < -0.4 is 25.2 Å². The van der Waals surface area contributed by atoms with Gasteiger partial charge in [-0.2, -0.15) is 0 Å². The zero-order valence-corrected chi connectivity index (χ0v) is 16.9. The fraction of sp³-hybridized carbons (Fsp3) is 0.562. The van der Waals surface area contributed by atoms with E-state index in [-0.39, 0.29) is 41.1 Å². The third kappa shape index (κ3) is 5.15. The molecule has 1 aliphatic rings. The van der Waals surface area contributed by atoms with Crippen molar-refractivity contribution in [3.63, 3.8) is 0 Å². The molecule has 1 aromatic carbocycles. The Morgan fingerprint density at radius 1 is 1.31 bits per heavy atom. The fourth-order valence-corrected chi connectivity index (χ4v) is 3.29. The van der Waals surface area contributed by atoms with Gasteiger partial charge in [0.15, 0.2) is 11.5 Å².